The van der Waals surface area contributed by atoms with Crippen molar-refractivity contribution in [3.8, 4) is 0 Å². The van der Waals surface area contributed by atoms with Gasteiger partial charge in [0.15, 0.2) is 0 Å². The van der Waals surface area contributed by atoms with Crippen molar-refractivity contribution in [1.82, 2.24) is 20.4 Å². The van der Waals surface area contributed by atoms with Gasteiger partial charge in [0, 0.05) is 13.1 Å². The Balaban J connectivity index is 1.60. The van der Waals surface area contributed by atoms with Gasteiger partial charge in [-0.25, -0.2) is 10.4 Å². The number of anilines is 1. The Bertz CT molecular complexity index is 905. The number of rotatable bonds is 5. The number of hydrogen-bond donors (Lipinski definition) is 3. The standard InChI is InChI=1S/C20H23N5O/c1-2-12-25-17-11-7-6-10-16(17)22-20(25)23-19(26)15-13-21-24-18(15)14-8-4-3-5-9-14/h3-11,15,18,21,24H,2,12-13H2,1H3,(H,22,23,26). The van der Waals surface area contributed by atoms with Gasteiger partial charge >= 0.3 is 0 Å². The lowest BCUT2D eigenvalue weighted by Crippen LogP contribution is -2.30. The van der Waals surface area contributed by atoms with Gasteiger partial charge < -0.3 is 4.57 Å². The highest BCUT2D eigenvalue weighted by atomic mass is 16.2. The molecule has 2 atom stereocenters. The van der Waals surface area contributed by atoms with Gasteiger partial charge in [0.25, 0.3) is 0 Å². The number of hydrogen-bond acceptors (Lipinski definition) is 4. The van der Waals surface area contributed by atoms with E-state index in [9.17, 15) is 4.79 Å². The largest absolute Gasteiger partial charge is 0.310 e. The fourth-order valence-electron chi connectivity index (χ4n) is 3.54. The van der Waals surface area contributed by atoms with Crippen LogP contribution in [0.4, 0.5) is 5.95 Å². The summed E-state index contributed by atoms with van der Waals surface area (Å²) < 4.78 is 2.08. The molecule has 1 amide bonds. The van der Waals surface area contributed by atoms with E-state index >= 15 is 0 Å². The minimum Gasteiger partial charge on any atom is -0.310 e. The quantitative estimate of drug-likeness (QED) is 0.662. The van der Waals surface area contributed by atoms with E-state index in [0.29, 0.717) is 12.5 Å². The van der Waals surface area contributed by atoms with Gasteiger partial charge in [0.05, 0.1) is 23.0 Å². The van der Waals surface area contributed by atoms with Crippen molar-refractivity contribution in [3.63, 3.8) is 0 Å². The molecule has 0 spiro atoms. The molecule has 1 fully saturated rings. The number of benzene rings is 2. The van der Waals surface area contributed by atoms with Crippen LogP contribution >= 0.6 is 0 Å². The Morgan fingerprint density at radius 2 is 1.96 bits per heavy atom. The van der Waals surface area contributed by atoms with Crippen molar-refractivity contribution in [1.29, 1.82) is 0 Å². The normalized spacial score (nSPS) is 19.7. The van der Waals surface area contributed by atoms with E-state index in [2.05, 4.69) is 32.6 Å². The fraction of sp³-hybridized carbons (Fsp3) is 0.300. The van der Waals surface area contributed by atoms with Crippen molar-refractivity contribution in [2.24, 2.45) is 5.92 Å². The molecule has 1 aliphatic heterocycles. The number of imidazole rings is 1. The molecule has 2 aromatic carbocycles. The molecule has 1 aromatic heterocycles. The SMILES string of the molecule is CCCn1c(NC(=O)C2CNNC2c2ccccc2)nc2ccccc21. The predicted molar refractivity (Wildman–Crippen MR) is 102 cm³/mol. The minimum absolute atomic E-state index is 0.0241. The molecule has 6 heteroatoms. The van der Waals surface area contributed by atoms with Gasteiger partial charge in [-0.2, -0.15) is 0 Å². The van der Waals surface area contributed by atoms with E-state index < -0.39 is 0 Å². The molecule has 2 unspecified atom stereocenters. The molecular weight excluding hydrogens is 326 g/mol. The van der Waals surface area contributed by atoms with Crippen LogP contribution in [0.2, 0.25) is 0 Å². The number of aromatic nitrogens is 2. The molecule has 0 radical (unpaired) electrons. The van der Waals surface area contributed by atoms with Crippen LogP contribution in [0.3, 0.4) is 0 Å². The highest BCUT2D eigenvalue weighted by Gasteiger charge is 2.34. The summed E-state index contributed by atoms with van der Waals surface area (Å²) in [4.78, 5) is 17.6. The van der Waals surface area contributed by atoms with Gasteiger partial charge in [-0.3, -0.25) is 15.5 Å². The highest BCUT2D eigenvalue weighted by molar-refractivity contribution is 5.94. The number of nitrogens with one attached hydrogen (secondary N) is 3. The van der Waals surface area contributed by atoms with E-state index in [-0.39, 0.29) is 17.9 Å². The molecule has 134 valence electrons. The third kappa shape index (κ3) is 3.09. The van der Waals surface area contributed by atoms with E-state index in [1.165, 1.54) is 0 Å². The molecule has 4 rings (SSSR count). The van der Waals surface area contributed by atoms with Crippen LogP contribution in [0, 0.1) is 5.92 Å². The molecular formula is C20H23N5O. The first-order chi connectivity index (χ1) is 12.8. The van der Waals surface area contributed by atoms with E-state index in [1.54, 1.807) is 0 Å². The summed E-state index contributed by atoms with van der Waals surface area (Å²) in [6.07, 6.45) is 0.975. The molecule has 1 aliphatic rings. The van der Waals surface area contributed by atoms with Gasteiger partial charge in [-0.1, -0.05) is 49.4 Å². The Hall–Kier alpha value is -2.70. The Kier molecular flexibility index (Phi) is 4.69. The fourth-order valence-corrected chi connectivity index (χ4v) is 3.54. The molecule has 3 N–H and O–H groups in total. The van der Waals surface area contributed by atoms with Crippen molar-refractivity contribution >= 4 is 22.9 Å². The van der Waals surface area contributed by atoms with Gasteiger partial charge in [-0.15, -0.1) is 0 Å². The number of aryl methyl sites for hydroxylation is 1. The summed E-state index contributed by atoms with van der Waals surface area (Å²) in [7, 11) is 0. The zero-order valence-electron chi connectivity index (χ0n) is 14.8. The maximum atomic E-state index is 13.0. The van der Waals surface area contributed by atoms with Gasteiger partial charge in [-0.05, 0) is 24.1 Å². The van der Waals surface area contributed by atoms with Crippen LogP contribution < -0.4 is 16.2 Å². The summed E-state index contributed by atoms with van der Waals surface area (Å²) in [5.41, 5.74) is 9.38. The third-order valence-corrected chi connectivity index (χ3v) is 4.81. The zero-order chi connectivity index (χ0) is 17.9. The summed E-state index contributed by atoms with van der Waals surface area (Å²) >= 11 is 0. The predicted octanol–water partition coefficient (Wildman–Crippen LogP) is 2.85. The summed E-state index contributed by atoms with van der Waals surface area (Å²) in [5, 5.41) is 3.06. The average Bonchev–Trinajstić information content (AvgIpc) is 3.28. The lowest BCUT2D eigenvalue weighted by molar-refractivity contribution is -0.119. The first-order valence-electron chi connectivity index (χ1n) is 9.07. The lowest BCUT2D eigenvalue weighted by atomic mass is 9.94. The summed E-state index contributed by atoms with van der Waals surface area (Å²) in [5.74, 6) is 0.396. The van der Waals surface area contributed by atoms with Crippen LogP contribution in [0.5, 0.6) is 0 Å². The molecule has 3 aromatic rings. The third-order valence-electron chi connectivity index (χ3n) is 4.81. The van der Waals surface area contributed by atoms with Crippen LogP contribution in [-0.4, -0.2) is 22.0 Å². The second-order valence-corrected chi connectivity index (χ2v) is 6.59. The number of nitrogens with zero attached hydrogens (tertiary/aromatic N) is 2. The summed E-state index contributed by atoms with van der Waals surface area (Å²) in [6, 6.07) is 18.0. The molecule has 1 saturated heterocycles. The number of amides is 1. The average molecular weight is 349 g/mol. The topological polar surface area (TPSA) is 71.0 Å². The molecule has 26 heavy (non-hydrogen) atoms. The van der Waals surface area contributed by atoms with Crippen molar-refractivity contribution in [3.05, 3.63) is 60.2 Å². The number of carbonyl (C=O) groups excluding carboxylic acids is 1. The van der Waals surface area contributed by atoms with Crippen LogP contribution in [0.25, 0.3) is 11.0 Å². The minimum atomic E-state index is -0.202. The first kappa shape index (κ1) is 16.8. The van der Waals surface area contributed by atoms with Gasteiger partial charge in [0.2, 0.25) is 11.9 Å². The Morgan fingerprint density at radius 1 is 1.19 bits per heavy atom. The molecule has 6 nitrogen and oxygen atoms in total. The van der Waals surface area contributed by atoms with Crippen LogP contribution in [-0.2, 0) is 11.3 Å². The first-order valence-corrected chi connectivity index (χ1v) is 9.07. The Labute approximate surface area is 152 Å². The van der Waals surface area contributed by atoms with E-state index in [1.807, 2.05) is 54.6 Å². The van der Waals surface area contributed by atoms with Crippen molar-refractivity contribution < 1.29 is 4.79 Å². The van der Waals surface area contributed by atoms with Crippen LogP contribution in [0.1, 0.15) is 24.9 Å². The number of hydrazine groups is 1. The van der Waals surface area contributed by atoms with E-state index in [4.69, 9.17) is 0 Å². The monoisotopic (exact) mass is 349 g/mol. The maximum absolute atomic E-state index is 13.0. The van der Waals surface area contributed by atoms with Crippen LogP contribution in [0.15, 0.2) is 54.6 Å². The van der Waals surface area contributed by atoms with E-state index in [0.717, 1.165) is 29.6 Å². The number of fused-ring (bicyclic) bond motifs is 1. The second kappa shape index (κ2) is 7.27. The maximum Gasteiger partial charge on any atom is 0.233 e. The smallest absolute Gasteiger partial charge is 0.233 e. The number of para-hydroxylation sites is 2. The molecule has 2 heterocycles. The van der Waals surface area contributed by atoms with Crippen molar-refractivity contribution in [2.75, 3.05) is 11.9 Å². The molecule has 0 saturated carbocycles. The number of carbonyl (C=O) groups is 1. The lowest BCUT2D eigenvalue weighted by Gasteiger charge is -2.18. The van der Waals surface area contributed by atoms with Crippen molar-refractivity contribution in [2.45, 2.75) is 25.9 Å². The highest BCUT2D eigenvalue weighted by Crippen LogP contribution is 2.27. The molecule has 0 aliphatic carbocycles. The second-order valence-electron chi connectivity index (χ2n) is 6.59. The zero-order valence-corrected chi connectivity index (χ0v) is 14.8. The Morgan fingerprint density at radius 3 is 2.77 bits per heavy atom. The van der Waals surface area contributed by atoms with Gasteiger partial charge in [0.1, 0.15) is 0 Å². The summed E-state index contributed by atoms with van der Waals surface area (Å²) in [6.45, 7) is 3.52. The molecule has 0 bridgehead atoms.